The average molecular weight is 376 g/mol. The lowest BCUT2D eigenvalue weighted by Crippen LogP contribution is -2.48. The second-order valence-corrected chi connectivity index (χ2v) is 7.05. The summed E-state index contributed by atoms with van der Waals surface area (Å²) in [5.41, 5.74) is 2.60. The molecule has 1 N–H and O–H groups in total. The van der Waals surface area contributed by atoms with Gasteiger partial charge in [-0.3, -0.25) is 14.5 Å². The summed E-state index contributed by atoms with van der Waals surface area (Å²) in [5.74, 6) is 0.0710. The first kappa shape index (κ1) is 18.4. The lowest BCUT2D eigenvalue weighted by Gasteiger charge is -2.36. The molecule has 1 amide bonds. The topological polar surface area (TPSA) is 69.0 Å². The molecule has 1 aromatic carbocycles. The second kappa shape index (κ2) is 8.35. The summed E-state index contributed by atoms with van der Waals surface area (Å²) in [6.07, 6.45) is 8.78. The van der Waals surface area contributed by atoms with E-state index in [0.717, 1.165) is 16.7 Å². The number of nitrogens with zero attached hydrogens (tertiary/aromatic N) is 3. The Morgan fingerprint density at radius 1 is 1.07 bits per heavy atom. The van der Waals surface area contributed by atoms with Crippen molar-refractivity contribution in [2.24, 2.45) is 0 Å². The van der Waals surface area contributed by atoms with Crippen molar-refractivity contribution < 1.29 is 9.53 Å². The Balaban J connectivity index is 1.40. The highest BCUT2D eigenvalue weighted by molar-refractivity contribution is 5.88. The quantitative estimate of drug-likeness (QED) is 0.718. The summed E-state index contributed by atoms with van der Waals surface area (Å²) >= 11 is 0. The van der Waals surface area contributed by atoms with E-state index in [9.17, 15) is 4.79 Å². The molecule has 1 aliphatic heterocycles. The maximum Gasteiger partial charge on any atom is 0.230 e. The van der Waals surface area contributed by atoms with Gasteiger partial charge in [0.1, 0.15) is 0 Å². The maximum absolute atomic E-state index is 13.1. The van der Waals surface area contributed by atoms with Gasteiger partial charge in [-0.2, -0.15) is 5.10 Å². The average Bonchev–Trinajstić information content (AvgIpc) is 3.24. The molecule has 0 radical (unpaired) electrons. The fraction of sp³-hybridized carbons (Fsp3) is 0.318. The SMILES string of the molecule is O=C(NCCn1cc(-c2cccnc2)cn1)C1(c2ccccc2)CCOCC1. The Labute approximate surface area is 164 Å². The highest BCUT2D eigenvalue weighted by atomic mass is 16.5. The fourth-order valence-corrected chi connectivity index (χ4v) is 3.75. The van der Waals surface area contributed by atoms with E-state index in [1.165, 1.54) is 0 Å². The Morgan fingerprint density at radius 2 is 1.89 bits per heavy atom. The zero-order chi connectivity index (χ0) is 19.2. The van der Waals surface area contributed by atoms with E-state index in [4.69, 9.17) is 4.74 Å². The fourth-order valence-electron chi connectivity index (χ4n) is 3.75. The van der Waals surface area contributed by atoms with Gasteiger partial charge in [-0.05, 0) is 24.5 Å². The molecule has 2 aromatic heterocycles. The predicted octanol–water partition coefficient (Wildman–Crippen LogP) is 2.81. The number of amides is 1. The number of aromatic nitrogens is 3. The van der Waals surface area contributed by atoms with Crippen LogP contribution in [0.15, 0.2) is 67.3 Å². The number of hydrogen-bond donors (Lipinski definition) is 1. The predicted molar refractivity (Wildman–Crippen MR) is 107 cm³/mol. The molecule has 1 fully saturated rings. The molecule has 28 heavy (non-hydrogen) atoms. The molecule has 6 nitrogen and oxygen atoms in total. The molecule has 0 saturated carbocycles. The van der Waals surface area contributed by atoms with Crippen molar-refractivity contribution in [1.82, 2.24) is 20.1 Å². The van der Waals surface area contributed by atoms with Crippen LogP contribution in [-0.4, -0.2) is 40.4 Å². The van der Waals surface area contributed by atoms with Crippen LogP contribution in [0.2, 0.25) is 0 Å². The van der Waals surface area contributed by atoms with Gasteiger partial charge in [0.05, 0.1) is 18.2 Å². The molecular formula is C22H24N4O2. The minimum absolute atomic E-state index is 0.0710. The molecule has 6 heteroatoms. The summed E-state index contributed by atoms with van der Waals surface area (Å²) in [7, 11) is 0. The zero-order valence-electron chi connectivity index (χ0n) is 15.8. The van der Waals surface area contributed by atoms with Gasteiger partial charge in [-0.1, -0.05) is 36.4 Å². The third kappa shape index (κ3) is 3.82. The van der Waals surface area contributed by atoms with E-state index in [1.54, 1.807) is 6.20 Å². The first-order valence-electron chi connectivity index (χ1n) is 9.62. The normalized spacial score (nSPS) is 15.9. The molecule has 3 heterocycles. The number of rotatable bonds is 6. The third-order valence-corrected chi connectivity index (χ3v) is 5.36. The van der Waals surface area contributed by atoms with Crippen LogP contribution in [0.25, 0.3) is 11.1 Å². The molecule has 0 spiro atoms. The lowest BCUT2D eigenvalue weighted by molar-refractivity contribution is -0.130. The summed E-state index contributed by atoms with van der Waals surface area (Å²) in [6.45, 7) is 2.36. The number of carbonyl (C=O) groups excluding carboxylic acids is 1. The smallest absolute Gasteiger partial charge is 0.230 e. The van der Waals surface area contributed by atoms with Crippen molar-refractivity contribution in [3.63, 3.8) is 0 Å². The monoisotopic (exact) mass is 376 g/mol. The second-order valence-electron chi connectivity index (χ2n) is 7.05. The standard InChI is InChI=1S/C22H24N4O2/c27-21(22(8-13-28-14-9-22)20-6-2-1-3-7-20)24-11-12-26-17-19(16-25-26)18-5-4-10-23-15-18/h1-7,10,15-17H,8-9,11-14H2,(H,24,27). The number of carbonyl (C=O) groups is 1. The van der Waals surface area contributed by atoms with E-state index in [-0.39, 0.29) is 5.91 Å². The minimum Gasteiger partial charge on any atom is -0.381 e. The number of hydrogen-bond acceptors (Lipinski definition) is 4. The van der Waals surface area contributed by atoms with E-state index < -0.39 is 5.41 Å². The van der Waals surface area contributed by atoms with Crippen molar-refractivity contribution >= 4 is 5.91 Å². The van der Waals surface area contributed by atoms with Crippen molar-refractivity contribution in [3.05, 3.63) is 72.8 Å². The first-order valence-corrected chi connectivity index (χ1v) is 9.62. The molecule has 0 aliphatic carbocycles. The van der Waals surface area contributed by atoms with Crippen LogP contribution in [0.3, 0.4) is 0 Å². The number of pyridine rings is 1. The third-order valence-electron chi connectivity index (χ3n) is 5.36. The molecule has 0 bridgehead atoms. The van der Waals surface area contributed by atoms with Gasteiger partial charge in [0.25, 0.3) is 0 Å². The van der Waals surface area contributed by atoms with E-state index in [1.807, 2.05) is 65.7 Å². The minimum atomic E-state index is -0.509. The number of nitrogens with one attached hydrogen (secondary N) is 1. The van der Waals surface area contributed by atoms with Gasteiger partial charge in [0.2, 0.25) is 5.91 Å². The molecule has 0 atom stereocenters. The van der Waals surface area contributed by atoms with Crippen LogP contribution in [0, 0.1) is 0 Å². The van der Waals surface area contributed by atoms with Crippen molar-refractivity contribution in [2.75, 3.05) is 19.8 Å². The Kier molecular flexibility index (Phi) is 5.48. The van der Waals surface area contributed by atoms with Crippen molar-refractivity contribution in [3.8, 4) is 11.1 Å². The molecule has 144 valence electrons. The molecule has 0 unspecified atom stereocenters. The van der Waals surface area contributed by atoms with Crippen LogP contribution < -0.4 is 5.32 Å². The van der Waals surface area contributed by atoms with Crippen molar-refractivity contribution in [1.29, 1.82) is 0 Å². The Bertz CT molecular complexity index is 903. The van der Waals surface area contributed by atoms with Gasteiger partial charge >= 0.3 is 0 Å². The molecule has 3 aromatic rings. The summed E-state index contributed by atoms with van der Waals surface area (Å²) in [4.78, 5) is 17.3. The highest BCUT2D eigenvalue weighted by Gasteiger charge is 2.41. The number of benzene rings is 1. The van der Waals surface area contributed by atoms with Crippen LogP contribution in [0.1, 0.15) is 18.4 Å². The van der Waals surface area contributed by atoms with Crippen LogP contribution >= 0.6 is 0 Å². The van der Waals surface area contributed by atoms with Gasteiger partial charge in [-0.15, -0.1) is 0 Å². The first-order chi connectivity index (χ1) is 13.8. The molecular weight excluding hydrogens is 352 g/mol. The zero-order valence-corrected chi connectivity index (χ0v) is 15.8. The largest absolute Gasteiger partial charge is 0.381 e. The lowest BCUT2D eigenvalue weighted by atomic mass is 9.73. The molecule has 1 saturated heterocycles. The van der Waals surface area contributed by atoms with Gasteiger partial charge in [-0.25, -0.2) is 0 Å². The van der Waals surface area contributed by atoms with Crippen LogP contribution in [0.5, 0.6) is 0 Å². The van der Waals surface area contributed by atoms with Gasteiger partial charge in [0.15, 0.2) is 0 Å². The van der Waals surface area contributed by atoms with Gasteiger partial charge in [0, 0.05) is 49.5 Å². The molecule has 4 rings (SSSR count). The van der Waals surface area contributed by atoms with Gasteiger partial charge < -0.3 is 10.1 Å². The summed E-state index contributed by atoms with van der Waals surface area (Å²) < 4.78 is 7.36. The van der Waals surface area contributed by atoms with Crippen LogP contribution in [0.4, 0.5) is 0 Å². The summed E-state index contributed by atoms with van der Waals surface area (Å²) in [6, 6.07) is 13.9. The Hall–Kier alpha value is -2.99. The van der Waals surface area contributed by atoms with E-state index >= 15 is 0 Å². The number of ether oxygens (including phenoxy) is 1. The van der Waals surface area contributed by atoms with Crippen molar-refractivity contribution in [2.45, 2.75) is 24.8 Å². The van der Waals surface area contributed by atoms with E-state index in [0.29, 0.717) is 39.1 Å². The maximum atomic E-state index is 13.1. The van der Waals surface area contributed by atoms with E-state index in [2.05, 4.69) is 15.4 Å². The highest BCUT2D eigenvalue weighted by Crippen LogP contribution is 2.35. The molecule has 1 aliphatic rings. The van der Waals surface area contributed by atoms with Crippen LogP contribution in [-0.2, 0) is 21.5 Å². The Morgan fingerprint density at radius 3 is 2.64 bits per heavy atom. The summed E-state index contributed by atoms with van der Waals surface area (Å²) in [5, 5.41) is 7.52.